The summed E-state index contributed by atoms with van der Waals surface area (Å²) in [4.78, 5) is 1.90. The first kappa shape index (κ1) is 16.6. The van der Waals surface area contributed by atoms with Crippen molar-refractivity contribution < 1.29 is 13.9 Å². The van der Waals surface area contributed by atoms with E-state index >= 15 is 0 Å². The van der Waals surface area contributed by atoms with Crippen LogP contribution in [0.3, 0.4) is 0 Å². The third-order valence-electron chi connectivity index (χ3n) is 3.18. The summed E-state index contributed by atoms with van der Waals surface area (Å²) in [7, 11) is 0. The van der Waals surface area contributed by atoms with Gasteiger partial charge in [-0.3, -0.25) is 4.90 Å². The van der Waals surface area contributed by atoms with Gasteiger partial charge in [-0.05, 0) is 12.1 Å². The number of piperazine rings is 1. The highest BCUT2D eigenvalue weighted by Gasteiger charge is 2.27. The zero-order chi connectivity index (χ0) is 13.1. The highest BCUT2D eigenvalue weighted by atomic mass is 35.5. The van der Waals surface area contributed by atoms with Crippen LogP contribution in [0.4, 0.5) is 8.78 Å². The molecule has 108 valence electrons. The minimum absolute atomic E-state index is 0. The largest absolute Gasteiger partial charge is 0.394 e. The van der Waals surface area contributed by atoms with Crippen LogP contribution in [0.5, 0.6) is 0 Å². The first-order valence-electron chi connectivity index (χ1n) is 5.84. The third kappa shape index (κ3) is 3.55. The summed E-state index contributed by atoms with van der Waals surface area (Å²) in [6.07, 6.45) is 0. The molecule has 1 aliphatic rings. The van der Waals surface area contributed by atoms with Crippen LogP contribution in [-0.4, -0.2) is 42.8 Å². The molecule has 3 nitrogen and oxygen atoms in total. The molecule has 1 saturated heterocycles. The maximum absolute atomic E-state index is 13.8. The number of hydrogen-bond donors (Lipinski definition) is 2. The van der Waals surface area contributed by atoms with Gasteiger partial charge < -0.3 is 10.4 Å². The molecule has 0 aliphatic carbocycles. The van der Waals surface area contributed by atoms with E-state index in [1.165, 1.54) is 0 Å². The van der Waals surface area contributed by atoms with Gasteiger partial charge in [0.15, 0.2) is 0 Å². The number of rotatable bonds is 3. The minimum atomic E-state index is -0.665. The summed E-state index contributed by atoms with van der Waals surface area (Å²) < 4.78 is 27.2. The highest BCUT2D eigenvalue weighted by Crippen LogP contribution is 2.31. The van der Waals surface area contributed by atoms with Crippen molar-refractivity contribution in [2.45, 2.75) is 6.04 Å². The molecule has 7 heteroatoms. The van der Waals surface area contributed by atoms with Crippen LogP contribution in [0.25, 0.3) is 0 Å². The van der Waals surface area contributed by atoms with Gasteiger partial charge in [0.1, 0.15) is 11.6 Å². The Bertz CT molecular complexity index is 428. The van der Waals surface area contributed by atoms with Crippen LogP contribution < -0.4 is 5.32 Å². The van der Waals surface area contributed by atoms with Crippen molar-refractivity contribution in [2.75, 3.05) is 32.8 Å². The summed E-state index contributed by atoms with van der Waals surface area (Å²) in [5.41, 5.74) is 0.0427. The van der Waals surface area contributed by atoms with Crippen LogP contribution in [-0.2, 0) is 0 Å². The Labute approximate surface area is 122 Å². The summed E-state index contributed by atoms with van der Waals surface area (Å²) >= 11 is 5.82. The average molecular weight is 313 g/mol. The second-order valence-corrected chi connectivity index (χ2v) is 4.62. The van der Waals surface area contributed by atoms with Crippen LogP contribution in [0.1, 0.15) is 11.6 Å². The van der Waals surface area contributed by atoms with Gasteiger partial charge in [-0.15, -0.1) is 12.4 Å². The molecule has 1 fully saturated rings. The molecule has 1 atom stereocenters. The Hall–Kier alpha value is -0.460. The maximum atomic E-state index is 13.8. The highest BCUT2D eigenvalue weighted by molar-refractivity contribution is 6.31. The number of hydrogen-bond acceptors (Lipinski definition) is 3. The molecule has 0 unspecified atom stereocenters. The normalized spacial score (nSPS) is 17.9. The van der Waals surface area contributed by atoms with Gasteiger partial charge in [0.25, 0.3) is 0 Å². The van der Waals surface area contributed by atoms with Gasteiger partial charge >= 0.3 is 0 Å². The molecule has 1 aliphatic heterocycles. The molecule has 0 saturated carbocycles. The van der Waals surface area contributed by atoms with E-state index in [4.69, 9.17) is 11.6 Å². The predicted molar refractivity (Wildman–Crippen MR) is 72.9 cm³/mol. The number of benzene rings is 1. The third-order valence-corrected chi connectivity index (χ3v) is 3.56. The summed E-state index contributed by atoms with van der Waals surface area (Å²) in [5, 5.41) is 12.4. The van der Waals surface area contributed by atoms with Gasteiger partial charge in [0.05, 0.1) is 17.7 Å². The van der Waals surface area contributed by atoms with E-state index in [1.54, 1.807) is 0 Å². The second-order valence-electron chi connectivity index (χ2n) is 4.24. The fourth-order valence-electron chi connectivity index (χ4n) is 2.23. The molecule has 0 spiro atoms. The van der Waals surface area contributed by atoms with E-state index in [0.717, 1.165) is 25.2 Å². The molecule has 0 bridgehead atoms. The topological polar surface area (TPSA) is 35.5 Å². The van der Waals surface area contributed by atoms with Crippen molar-refractivity contribution in [3.63, 3.8) is 0 Å². The number of halogens is 4. The first-order valence-corrected chi connectivity index (χ1v) is 6.22. The quantitative estimate of drug-likeness (QED) is 0.838. The fourth-order valence-corrected chi connectivity index (χ4v) is 2.51. The zero-order valence-corrected chi connectivity index (χ0v) is 11.8. The summed E-state index contributed by atoms with van der Waals surface area (Å²) in [6.45, 7) is 2.55. The van der Waals surface area contributed by atoms with Crippen molar-refractivity contribution in [3.05, 3.63) is 34.4 Å². The van der Waals surface area contributed by atoms with Crippen molar-refractivity contribution >= 4 is 24.0 Å². The Morgan fingerprint density at radius 1 is 1.26 bits per heavy atom. The standard InChI is InChI=1S/C12H15ClF2N2O.ClH/c13-12-9(15)2-1-8(14)11(12)10(7-18)17-5-3-16-4-6-17;/h1-2,10,16,18H,3-7H2;1H/t10-;/m1./s1. The lowest BCUT2D eigenvalue weighted by Gasteiger charge is -2.34. The molecule has 0 radical (unpaired) electrons. The SMILES string of the molecule is Cl.OC[C@H](c1c(F)ccc(F)c1Cl)N1CCNCC1. The number of aliphatic hydroxyl groups is 1. The number of nitrogens with zero attached hydrogens (tertiary/aromatic N) is 1. The van der Waals surface area contributed by atoms with E-state index in [2.05, 4.69) is 5.32 Å². The predicted octanol–water partition coefficient (Wildman–Crippen LogP) is 1.98. The monoisotopic (exact) mass is 312 g/mol. The van der Waals surface area contributed by atoms with Gasteiger partial charge in [0.2, 0.25) is 0 Å². The molecule has 1 aromatic rings. The Balaban J connectivity index is 0.00000180. The molecular formula is C12H16Cl2F2N2O. The van der Waals surface area contributed by atoms with E-state index in [1.807, 2.05) is 4.90 Å². The van der Waals surface area contributed by atoms with Crippen LogP contribution in [0, 0.1) is 11.6 Å². The van der Waals surface area contributed by atoms with Gasteiger partial charge in [-0.25, -0.2) is 8.78 Å². The number of aliphatic hydroxyl groups excluding tert-OH is 1. The van der Waals surface area contributed by atoms with Gasteiger partial charge in [-0.2, -0.15) is 0 Å². The lowest BCUT2D eigenvalue weighted by Crippen LogP contribution is -2.46. The average Bonchev–Trinajstić information content (AvgIpc) is 2.40. The molecule has 2 rings (SSSR count). The Kier molecular flexibility index (Phi) is 6.42. The van der Waals surface area contributed by atoms with E-state index in [-0.39, 0.29) is 29.6 Å². The fraction of sp³-hybridized carbons (Fsp3) is 0.500. The molecule has 0 amide bonds. The van der Waals surface area contributed by atoms with Crippen LogP contribution in [0.2, 0.25) is 5.02 Å². The van der Waals surface area contributed by atoms with Gasteiger partial charge in [-0.1, -0.05) is 11.6 Å². The van der Waals surface area contributed by atoms with Crippen molar-refractivity contribution in [2.24, 2.45) is 0 Å². The van der Waals surface area contributed by atoms with Crippen molar-refractivity contribution in [1.82, 2.24) is 10.2 Å². The first-order chi connectivity index (χ1) is 8.65. The maximum Gasteiger partial charge on any atom is 0.142 e. The van der Waals surface area contributed by atoms with E-state index in [9.17, 15) is 13.9 Å². The molecular weight excluding hydrogens is 297 g/mol. The Morgan fingerprint density at radius 3 is 2.42 bits per heavy atom. The lowest BCUT2D eigenvalue weighted by molar-refractivity contribution is 0.108. The second kappa shape index (κ2) is 7.36. The van der Waals surface area contributed by atoms with Crippen molar-refractivity contribution in [3.8, 4) is 0 Å². The van der Waals surface area contributed by atoms with Gasteiger partial charge in [0, 0.05) is 31.7 Å². The lowest BCUT2D eigenvalue weighted by atomic mass is 10.0. The molecule has 19 heavy (non-hydrogen) atoms. The van der Waals surface area contributed by atoms with Crippen LogP contribution >= 0.6 is 24.0 Å². The molecule has 0 aromatic heterocycles. The van der Waals surface area contributed by atoms with E-state index in [0.29, 0.717) is 13.1 Å². The van der Waals surface area contributed by atoms with E-state index < -0.39 is 17.7 Å². The minimum Gasteiger partial charge on any atom is -0.394 e. The van der Waals surface area contributed by atoms with Crippen LogP contribution in [0.15, 0.2) is 12.1 Å². The molecule has 2 N–H and O–H groups in total. The summed E-state index contributed by atoms with van der Waals surface area (Å²) in [6, 6.07) is 1.43. The van der Waals surface area contributed by atoms with Crippen molar-refractivity contribution in [1.29, 1.82) is 0 Å². The summed E-state index contributed by atoms with van der Waals surface area (Å²) in [5.74, 6) is -1.25. The smallest absolute Gasteiger partial charge is 0.142 e. The molecule has 1 heterocycles. The molecule has 1 aromatic carbocycles. The number of nitrogens with one attached hydrogen (secondary N) is 1. The Morgan fingerprint density at radius 2 is 1.84 bits per heavy atom. The zero-order valence-electron chi connectivity index (χ0n) is 10.2.